The number of tetrazole rings is 1. The van der Waals surface area contributed by atoms with Crippen molar-refractivity contribution in [2.75, 3.05) is 5.32 Å². The molecule has 2 aromatic carbocycles. The van der Waals surface area contributed by atoms with E-state index in [4.69, 9.17) is 0 Å². The number of para-hydroxylation sites is 2. The van der Waals surface area contributed by atoms with Crippen molar-refractivity contribution in [1.29, 1.82) is 0 Å². The quantitative estimate of drug-likeness (QED) is 0.802. The first kappa shape index (κ1) is 13.9. The Hall–Kier alpha value is -3.02. The molecule has 0 fully saturated rings. The molecule has 0 spiro atoms. The summed E-state index contributed by atoms with van der Waals surface area (Å²) in [6.45, 7) is 2.04. The molecule has 0 saturated heterocycles. The van der Waals surface area contributed by atoms with Crippen LogP contribution in [0.2, 0.25) is 0 Å². The number of aryl methyl sites for hydroxylation is 1. The van der Waals surface area contributed by atoms with Gasteiger partial charge in [-0.15, -0.1) is 15.0 Å². The van der Waals surface area contributed by atoms with Crippen molar-refractivity contribution >= 4 is 11.6 Å². The first-order valence-corrected chi connectivity index (χ1v) is 7.02. The zero-order valence-corrected chi connectivity index (χ0v) is 12.1. The third-order valence-electron chi connectivity index (χ3n) is 3.25. The Balaban J connectivity index is 1.80. The second kappa shape index (κ2) is 6.17. The lowest BCUT2D eigenvalue weighted by Gasteiger charge is -2.07. The lowest BCUT2D eigenvalue weighted by Crippen LogP contribution is -2.15. The van der Waals surface area contributed by atoms with Gasteiger partial charge in [0.25, 0.3) is 11.7 Å². The Morgan fingerprint density at radius 2 is 1.82 bits per heavy atom. The molecule has 0 atom stereocenters. The molecule has 110 valence electrons. The van der Waals surface area contributed by atoms with Crippen LogP contribution in [0.3, 0.4) is 0 Å². The third-order valence-corrected chi connectivity index (χ3v) is 3.25. The third kappa shape index (κ3) is 2.85. The molecule has 3 rings (SSSR count). The fourth-order valence-electron chi connectivity index (χ4n) is 2.10. The molecule has 6 heteroatoms. The van der Waals surface area contributed by atoms with Crippen molar-refractivity contribution < 1.29 is 4.79 Å². The Morgan fingerprint density at radius 3 is 2.59 bits per heavy atom. The molecule has 0 aliphatic carbocycles. The fraction of sp³-hybridized carbons (Fsp3) is 0.125. The maximum Gasteiger partial charge on any atom is 0.297 e. The van der Waals surface area contributed by atoms with E-state index < -0.39 is 0 Å². The predicted octanol–water partition coefficient (Wildman–Crippen LogP) is 2.48. The number of nitrogens with one attached hydrogen (secondary N) is 1. The van der Waals surface area contributed by atoms with Gasteiger partial charge in [0.2, 0.25) is 0 Å². The summed E-state index contributed by atoms with van der Waals surface area (Å²) in [5, 5.41) is 14.7. The molecule has 1 aromatic heterocycles. The lowest BCUT2D eigenvalue weighted by molar-refractivity contribution is 0.101. The minimum Gasteiger partial charge on any atom is -0.319 e. The monoisotopic (exact) mass is 293 g/mol. The van der Waals surface area contributed by atoms with Gasteiger partial charge in [-0.2, -0.15) is 0 Å². The van der Waals surface area contributed by atoms with Crippen molar-refractivity contribution in [2.24, 2.45) is 0 Å². The minimum atomic E-state index is -0.372. The number of hydrogen-bond acceptors (Lipinski definition) is 4. The average Bonchev–Trinajstić information content (AvgIpc) is 3.06. The summed E-state index contributed by atoms with van der Waals surface area (Å²) < 4.78 is 0. The summed E-state index contributed by atoms with van der Waals surface area (Å²) in [6, 6.07) is 17.0. The van der Waals surface area contributed by atoms with E-state index in [1.807, 2.05) is 61.5 Å². The molecule has 22 heavy (non-hydrogen) atoms. The number of amides is 1. The van der Waals surface area contributed by atoms with E-state index in [2.05, 4.69) is 20.7 Å². The number of rotatable bonds is 4. The highest BCUT2D eigenvalue weighted by atomic mass is 16.2. The van der Waals surface area contributed by atoms with Crippen LogP contribution in [0, 0.1) is 0 Å². The Bertz CT molecular complexity index is 782. The Morgan fingerprint density at radius 1 is 1.09 bits per heavy atom. The molecule has 3 aromatic rings. The number of aromatic nitrogens is 4. The van der Waals surface area contributed by atoms with Gasteiger partial charge in [0, 0.05) is 5.69 Å². The van der Waals surface area contributed by atoms with Crippen LogP contribution in [-0.4, -0.2) is 26.1 Å². The van der Waals surface area contributed by atoms with Gasteiger partial charge < -0.3 is 5.32 Å². The van der Waals surface area contributed by atoms with E-state index in [1.54, 1.807) is 0 Å². The molecular weight excluding hydrogens is 278 g/mol. The fourth-order valence-corrected chi connectivity index (χ4v) is 2.10. The van der Waals surface area contributed by atoms with Crippen LogP contribution in [0.15, 0.2) is 54.6 Å². The molecule has 0 radical (unpaired) electrons. The van der Waals surface area contributed by atoms with E-state index in [-0.39, 0.29) is 11.7 Å². The minimum absolute atomic E-state index is 0.0368. The van der Waals surface area contributed by atoms with E-state index in [0.29, 0.717) is 0 Å². The zero-order chi connectivity index (χ0) is 15.4. The average molecular weight is 293 g/mol. The highest BCUT2D eigenvalue weighted by molar-refractivity contribution is 6.01. The normalized spacial score (nSPS) is 10.4. The number of carbonyl (C=O) groups excluding carboxylic acids is 1. The molecule has 1 amide bonds. The summed E-state index contributed by atoms with van der Waals surface area (Å²) in [5.41, 5.74) is 2.58. The Labute approximate surface area is 127 Å². The van der Waals surface area contributed by atoms with Crippen LogP contribution < -0.4 is 5.32 Å². The van der Waals surface area contributed by atoms with Crippen LogP contribution in [-0.2, 0) is 6.42 Å². The Kier molecular flexibility index (Phi) is 3.91. The largest absolute Gasteiger partial charge is 0.319 e. The van der Waals surface area contributed by atoms with E-state index >= 15 is 0 Å². The summed E-state index contributed by atoms with van der Waals surface area (Å²) in [7, 11) is 0. The summed E-state index contributed by atoms with van der Waals surface area (Å²) in [5.74, 6) is -0.335. The molecule has 0 saturated carbocycles. The first-order chi connectivity index (χ1) is 10.8. The molecule has 1 heterocycles. The van der Waals surface area contributed by atoms with Gasteiger partial charge in [-0.05, 0) is 35.4 Å². The van der Waals surface area contributed by atoms with E-state index in [9.17, 15) is 4.79 Å². The summed E-state index contributed by atoms with van der Waals surface area (Å²) in [6.07, 6.45) is 0.834. The molecular formula is C16H15N5O. The van der Waals surface area contributed by atoms with Gasteiger partial charge in [0.1, 0.15) is 0 Å². The van der Waals surface area contributed by atoms with Crippen LogP contribution in [0.5, 0.6) is 0 Å². The summed E-state index contributed by atoms with van der Waals surface area (Å²) in [4.78, 5) is 13.6. The van der Waals surface area contributed by atoms with Gasteiger partial charge in [-0.3, -0.25) is 4.79 Å². The summed E-state index contributed by atoms with van der Waals surface area (Å²) >= 11 is 0. The first-order valence-electron chi connectivity index (χ1n) is 7.02. The second-order valence-corrected chi connectivity index (χ2v) is 4.70. The van der Waals surface area contributed by atoms with Gasteiger partial charge in [-0.1, -0.05) is 43.3 Å². The molecule has 0 bridgehead atoms. The maximum atomic E-state index is 12.2. The molecule has 0 unspecified atom stereocenters. The predicted molar refractivity (Wildman–Crippen MR) is 82.9 cm³/mol. The smallest absolute Gasteiger partial charge is 0.297 e. The topological polar surface area (TPSA) is 72.7 Å². The number of benzene rings is 2. The number of nitrogens with zero attached hydrogens (tertiary/aromatic N) is 4. The van der Waals surface area contributed by atoms with Crippen molar-refractivity contribution in [2.45, 2.75) is 13.3 Å². The maximum absolute atomic E-state index is 12.2. The number of anilines is 1. The van der Waals surface area contributed by atoms with Crippen LogP contribution >= 0.6 is 0 Å². The van der Waals surface area contributed by atoms with Crippen LogP contribution in [0.1, 0.15) is 23.1 Å². The number of carbonyl (C=O) groups is 1. The van der Waals surface area contributed by atoms with E-state index in [0.717, 1.165) is 23.4 Å². The van der Waals surface area contributed by atoms with Gasteiger partial charge in [0.05, 0.1) is 5.69 Å². The van der Waals surface area contributed by atoms with Crippen molar-refractivity contribution in [1.82, 2.24) is 20.2 Å². The van der Waals surface area contributed by atoms with Crippen molar-refractivity contribution in [3.05, 3.63) is 66.0 Å². The zero-order valence-electron chi connectivity index (χ0n) is 12.1. The molecule has 1 N–H and O–H groups in total. The molecule has 6 nitrogen and oxygen atoms in total. The van der Waals surface area contributed by atoms with Crippen molar-refractivity contribution in [3.8, 4) is 5.69 Å². The van der Waals surface area contributed by atoms with Gasteiger partial charge in [0.15, 0.2) is 0 Å². The van der Waals surface area contributed by atoms with Gasteiger partial charge in [-0.25, -0.2) is 0 Å². The highest BCUT2D eigenvalue weighted by Crippen LogP contribution is 2.16. The highest BCUT2D eigenvalue weighted by Gasteiger charge is 2.14. The second-order valence-electron chi connectivity index (χ2n) is 4.70. The standard InChI is InChI=1S/C16H15N5O/c1-2-12-8-6-7-11-14(12)17-16(22)15-18-20-21(19-15)13-9-4-3-5-10-13/h3-11H,2H2,1H3,(H,17,22). The lowest BCUT2D eigenvalue weighted by atomic mass is 10.1. The SMILES string of the molecule is CCc1ccccc1NC(=O)c1nnn(-c2ccccc2)n1. The van der Waals surface area contributed by atoms with Crippen molar-refractivity contribution in [3.63, 3.8) is 0 Å². The number of hydrogen-bond donors (Lipinski definition) is 1. The molecule has 0 aliphatic rings. The van der Waals surface area contributed by atoms with Crippen LogP contribution in [0.25, 0.3) is 5.69 Å². The van der Waals surface area contributed by atoms with Gasteiger partial charge >= 0.3 is 0 Å². The molecule has 0 aliphatic heterocycles. The van der Waals surface area contributed by atoms with E-state index in [1.165, 1.54) is 4.80 Å². The van der Waals surface area contributed by atoms with Crippen LogP contribution in [0.4, 0.5) is 5.69 Å².